The maximum absolute atomic E-state index is 11.7. The molecule has 7 heteroatoms. The first-order valence-electron chi connectivity index (χ1n) is 5.26. The number of anilines is 1. The Balaban J connectivity index is 3.06. The number of nitrogens with one attached hydrogen (secondary N) is 1. The molecule has 1 amide bonds. The van der Waals surface area contributed by atoms with Crippen molar-refractivity contribution in [2.75, 3.05) is 5.32 Å². The third kappa shape index (κ3) is 3.52. The van der Waals surface area contributed by atoms with Gasteiger partial charge in [-0.3, -0.25) is 14.9 Å². The van der Waals surface area contributed by atoms with Crippen molar-refractivity contribution in [1.29, 1.82) is 0 Å². The first-order chi connectivity index (χ1) is 8.36. The van der Waals surface area contributed by atoms with Crippen molar-refractivity contribution >= 4 is 49.1 Å². The lowest BCUT2D eigenvalue weighted by Gasteiger charge is -2.11. The third-order valence-corrected chi connectivity index (χ3v) is 4.10. The van der Waals surface area contributed by atoms with E-state index in [2.05, 4.69) is 37.2 Å². The number of hydrogen-bond donors (Lipinski definition) is 1. The van der Waals surface area contributed by atoms with Gasteiger partial charge in [0.15, 0.2) is 0 Å². The average molecular weight is 380 g/mol. The Kier molecular flexibility index (Phi) is 5.28. The van der Waals surface area contributed by atoms with Crippen LogP contribution in [0.25, 0.3) is 0 Å². The summed E-state index contributed by atoms with van der Waals surface area (Å²) in [6, 6.07) is 2.97. The van der Waals surface area contributed by atoms with Crippen LogP contribution in [0, 0.1) is 17.0 Å². The number of aryl methyl sites for hydroxylation is 1. The predicted molar refractivity (Wildman–Crippen MR) is 77.2 cm³/mol. The molecule has 0 saturated heterocycles. The number of nitrogens with zero attached hydrogens (tertiary/aromatic N) is 1. The summed E-state index contributed by atoms with van der Waals surface area (Å²) in [6.07, 6.45) is 0.636. The van der Waals surface area contributed by atoms with Gasteiger partial charge in [-0.05, 0) is 35.3 Å². The van der Waals surface area contributed by atoms with Gasteiger partial charge in [0.05, 0.1) is 15.4 Å². The lowest BCUT2D eigenvalue weighted by Crippen LogP contribution is -2.22. The molecule has 1 aromatic carbocycles. The summed E-state index contributed by atoms with van der Waals surface area (Å²) in [5, 5.41) is 13.5. The maximum atomic E-state index is 11.7. The van der Waals surface area contributed by atoms with E-state index in [9.17, 15) is 14.9 Å². The Morgan fingerprint density at radius 3 is 2.67 bits per heavy atom. The molecule has 1 rings (SSSR count). The van der Waals surface area contributed by atoms with Crippen LogP contribution in [0.5, 0.6) is 0 Å². The number of amides is 1. The largest absolute Gasteiger partial charge is 0.324 e. The highest BCUT2D eigenvalue weighted by molar-refractivity contribution is 9.10. The van der Waals surface area contributed by atoms with Crippen LogP contribution in [-0.2, 0) is 4.79 Å². The number of rotatable bonds is 4. The van der Waals surface area contributed by atoms with Crippen LogP contribution in [0.15, 0.2) is 16.6 Å². The minimum Gasteiger partial charge on any atom is -0.324 e. The van der Waals surface area contributed by atoms with Gasteiger partial charge in [0, 0.05) is 16.1 Å². The van der Waals surface area contributed by atoms with Crippen molar-refractivity contribution < 1.29 is 9.72 Å². The SMILES string of the molecule is CCC(Br)C(=O)Nc1cc([N+](=O)[O-])c(C)cc1Br. The first-order valence-corrected chi connectivity index (χ1v) is 6.97. The lowest BCUT2D eigenvalue weighted by atomic mass is 10.2. The second-order valence-electron chi connectivity index (χ2n) is 3.74. The van der Waals surface area contributed by atoms with E-state index in [4.69, 9.17) is 0 Å². The molecule has 0 spiro atoms. The van der Waals surface area contributed by atoms with E-state index < -0.39 is 4.92 Å². The normalized spacial score (nSPS) is 12.0. The molecule has 0 aliphatic carbocycles. The van der Waals surface area contributed by atoms with Gasteiger partial charge in [0.25, 0.3) is 5.69 Å². The number of benzene rings is 1. The first kappa shape index (κ1) is 15.1. The molecule has 0 aromatic heterocycles. The van der Waals surface area contributed by atoms with Crippen LogP contribution in [0.1, 0.15) is 18.9 Å². The molecule has 0 aliphatic rings. The number of carbonyl (C=O) groups excluding carboxylic acids is 1. The summed E-state index contributed by atoms with van der Waals surface area (Å²) < 4.78 is 0.620. The number of halogens is 2. The molecular formula is C11H12Br2N2O3. The summed E-state index contributed by atoms with van der Waals surface area (Å²) in [4.78, 5) is 21.8. The summed E-state index contributed by atoms with van der Waals surface area (Å²) in [5.74, 6) is -0.226. The van der Waals surface area contributed by atoms with Crippen LogP contribution in [-0.4, -0.2) is 15.7 Å². The zero-order chi connectivity index (χ0) is 13.9. The Bertz CT molecular complexity index is 491. The van der Waals surface area contributed by atoms with Crippen molar-refractivity contribution in [1.82, 2.24) is 0 Å². The van der Waals surface area contributed by atoms with Crippen molar-refractivity contribution in [2.45, 2.75) is 25.1 Å². The second-order valence-corrected chi connectivity index (χ2v) is 5.70. The number of carbonyl (C=O) groups is 1. The highest BCUT2D eigenvalue weighted by Gasteiger charge is 2.18. The van der Waals surface area contributed by atoms with E-state index in [-0.39, 0.29) is 16.4 Å². The van der Waals surface area contributed by atoms with Crippen LogP contribution >= 0.6 is 31.9 Å². The van der Waals surface area contributed by atoms with Gasteiger partial charge in [-0.15, -0.1) is 0 Å². The monoisotopic (exact) mass is 378 g/mol. The molecule has 1 aromatic rings. The fourth-order valence-corrected chi connectivity index (χ4v) is 2.02. The molecule has 0 bridgehead atoms. The van der Waals surface area contributed by atoms with Gasteiger partial charge in [0.2, 0.25) is 5.91 Å². The number of nitro groups is 1. The maximum Gasteiger partial charge on any atom is 0.274 e. The number of hydrogen-bond acceptors (Lipinski definition) is 3. The van der Waals surface area contributed by atoms with Crippen LogP contribution < -0.4 is 5.32 Å². The van der Waals surface area contributed by atoms with Gasteiger partial charge < -0.3 is 5.32 Å². The number of nitro benzene ring substituents is 1. The third-order valence-electron chi connectivity index (χ3n) is 2.38. The summed E-state index contributed by atoms with van der Waals surface area (Å²) >= 11 is 6.50. The second kappa shape index (κ2) is 6.29. The Morgan fingerprint density at radius 2 is 2.17 bits per heavy atom. The molecule has 18 heavy (non-hydrogen) atoms. The average Bonchev–Trinajstić information content (AvgIpc) is 2.30. The van der Waals surface area contributed by atoms with E-state index in [1.807, 2.05) is 6.92 Å². The van der Waals surface area contributed by atoms with Crippen molar-refractivity contribution in [3.05, 3.63) is 32.3 Å². The molecule has 5 nitrogen and oxygen atoms in total. The van der Waals surface area contributed by atoms with Gasteiger partial charge in [-0.2, -0.15) is 0 Å². The molecule has 0 fully saturated rings. The van der Waals surface area contributed by atoms with Gasteiger partial charge in [-0.25, -0.2) is 0 Å². The van der Waals surface area contributed by atoms with E-state index >= 15 is 0 Å². The Hall–Kier alpha value is -0.950. The fraction of sp³-hybridized carbons (Fsp3) is 0.364. The zero-order valence-electron chi connectivity index (χ0n) is 9.87. The topological polar surface area (TPSA) is 72.2 Å². The molecular weight excluding hydrogens is 368 g/mol. The van der Waals surface area contributed by atoms with E-state index in [0.717, 1.165) is 0 Å². The molecule has 0 heterocycles. The standard InChI is InChI=1S/C11H12Br2N2O3/c1-3-7(12)11(16)14-9-5-10(15(17)18)6(2)4-8(9)13/h4-5,7H,3H2,1-2H3,(H,14,16). The van der Waals surface area contributed by atoms with Gasteiger partial charge in [0.1, 0.15) is 0 Å². The molecule has 0 aliphatic heterocycles. The fourth-order valence-electron chi connectivity index (χ4n) is 1.35. The smallest absolute Gasteiger partial charge is 0.274 e. The highest BCUT2D eigenvalue weighted by atomic mass is 79.9. The highest BCUT2D eigenvalue weighted by Crippen LogP contribution is 2.31. The molecule has 0 saturated carbocycles. The van der Waals surface area contributed by atoms with Crippen LogP contribution in [0.3, 0.4) is 0 Å². The quantitative estimate of drug-likeness (QED) is 0.491. The molecule has 98 valence electrons. The van der Waals surface area contributed by atoms with Crippen molar-refractivity contribution in [2.24, 2.45) is 0 Å². The van der Waals surface area contributed by atoms with Crippen molar-refractivity contribution in [3.8, 4) is 0 Å². The van der Waals surface area contributed by atoms with E-state index in [0.29, 0.717) is 22.1 Å². The summed E-state index contributed by atoms with van der Waals surface area (Å²) in [7, 11) is 0. The van der Waals surface area contributed by atoms with Crippen molar-refractivity contribution in [3.63, 3.8) is 0 Å². The van der Waals surface area contributed by atoms with E-state index in [1.54, 1.807) is 13.0 Å². The number of alkyl halides is 1. The van der Waals surface area contributed by atoms with Gasteiger partial charge >= 0.3 is 0 Å². The zero-order valence-corrected chi connectivity index (χ0v) is 13.0. The lowest BCUT2D eigenvalue weighted by molar-refractivity contribution is -0.385. The van der Waals surface area contributed by atoms with Gasteiger partial charge in [-0.1, -0.05) is 22.9 Å². The van der Waals surface area contributed by atoms with Crippen LogP contribution in [0.4, 0.5) is 11.4 Å². The molecule has 0 radical (unpaired) electrons. The molecule has 1 unspecified atom stereocenters. The predicted octanol–water partition coefficient (Wildman–Crippen LogP) is 3.78. The minimum absolute atomic E-state index is 0.0175. The Labute approximate surface area is 121 Å². The summed E-state index contributed by atoms with van der Waals surface area (Å²) in [5.41, 5.74) is 0.919. The van der Waals surface area contributed by atoms with E-state index in [1.165, 1.54) is 6.07 Å². The summed E-state index contributed by atoms with van der Waals surface area (Å²) in [6.45, 7) is 3.51. The minimum atomic E-state index is -0.469. The van der Waals surface area contributed by atoms with Crippen LogP contribution in [0.2, 0.25) is 0 Å². The Morgan fingerprint density at radius 1 is 1.56 bits per heavy atom. The molecule has 1 atom stereocenters. The molecule has 1 N–H and O–H groups in total.